The number of benzene rings is 2. The van der Waals surface area contributed by atoms with Crippen molar-refractivity contribution in [1.82, 2.24) is 0 Å². The van der Waals surface area contributed by atoms with Gasteiger partial charge in [-0.15, -0.1) is 0 Å². The zero-order valence-electron chi connectivity index (χ0n) is 13.4. The summed E-state index contributed by atoms with van der Waals surface area (Å²) in [7, 11) is -3.88. The molecule has 0 aromatic heterocycles. The van der Waals surface area contributed by atoms with E-state index in [0.717, 1.165) is 18.6 Å². The van der Waals surface area contributed by atoms with E-state index in [1.165, 1.54) is 19.1 Å². The smallest absolute Gasteiger partial charge is 0.262 e. The number of nitrogens with zero attached hydrogens (tertiary/aromatic N) is 1. The average molecular weight is 383 g/mol. The number of nitrogens with one attached hydrogen (secondary N) is 1. The Morgan fingerprint density at radius 1 is 1.20 bits per heavy atom. The highest BCUT2D eigenvalue weighted by molar-refractivity contribution is 7.92. The molecule has 1 aliphatic heterocycles. The van der Waals surface area contributed by atoms with Crippen molar-refractivity contribution < 1.29 is 17.6 Å². The van der Waals surface area contributed by atoms with Crippen molar-refractivity contribution in [3.63, 3.8) is 0 Å². The zero-order chi connectivity index (χ0) is 18.2. The molecule has 5 nitrogen and oxygen atoms in total. The van der Waals surface area contributed by atoms with E-state index in [1.54, 1.807) is 17.0 Å². The van der Waals surface area contributed by atoms with Crippen LogP contribution in [0.25, 0.3) is 0 Å². The van der Waals surface area contributed by atoms with E-state index in [2.05, 4.69) is 4.72 Å². The molecule has 0 aliphatic carbocycles. The van der Waals surface area contributed by atoms with Crippen LogP contribution < -0.4 is 9.62 Å². The van der Waals surface area contributed by atoms with Crippen molar-refractivity contribution in [2.45, 2.75) is 24.7 Å². The van der Waals surface area contributed by atoms with E-state index in [9.17, 15) is 17.6 Å². The lowest BCUT2D eigenvalue weighted by Crippen LogP contribution is -2.24. The number of rotatable bonds is 4. The van der Waals surface area contributed by atoms with E-state index in [4.69, 9.17) is 11.6 Å². The van der Waals surface area contributed by atoms with Crippen molar-refractivity contribution in [2.24, 2.45) is 0 Å². The van der Waals surface area contributed by atoms with Crippen LogP contribution in [0.1, 0.15) is 18.4 Å². The quantitative estimate of drug-likeness (QED) is 0.876. The lowest BCUT2D eigenvalue weighted by Gasteiger charge is -2.18. The maximum Gasteiger partial charge on any atom is 0.262 e. The Morgan fingerprint density at radius 2 is 1.96 bits per heavy atom. The molecule has 3 rings (SSSR count). The first-order valence-corrected chi connectivity index (χ1v) is 9.53. The largest absolute Gasteiger partial charge is 0.311 e. The number of aryl methyl sites for hydroxylation is 1. The van der Waals surface area contributed by atoms with Gasteiger partial charge < -0.3 is 4.90 Å². The van der Waals surface area contributed by atoms with E-state index in [0.29, 0.717) is 24.2 Å². The highest BCUT2D eigenvalue weighted by atomic mass is 35.5. The van der Waals surface area contributed by atoms with Crippen LogP contribution >= 0.6 is 11.6 Å². The average Bonchev–Trinajstić information content (AvgIpc) is 2.92. The van der Waals surface area contributed by atoms with Crippen molar-refractivity contribution in [3.05, 3.63) is 52.8 Å². The molecule has 0 unspecified atom stereocenters. The number of anilines is 2. The Kier molecular flexibility index (Phi) is 4.71. The van der Waals surface area contributed by atoms with Gasteiger partial charge in [0.25, 0.3) is 10.0 Å². The zero-order valence-corrected chi connectivity index (χ0v) is 15.0. The number of carbonyl (C=O) groups excluding carboxylic acids is 1. The fourth-order valence-electron chi connectivity index (χ4n) is 2.82. The molecule has 1 N–H and O–H groups in total. The number of hydrogen-bond donors (Lipinski definition) is 1. The van der Waals surface area contributed by atoms with Crippen LogP contribution in [-0.2, 0) is 14.8 Å². The fraction of sp³-hybridized carbons (Fsp3) is 0.235. The second-order valence-electron chi connectivity index (χ2n) is 5.83. The molecule has 8 heteroatoms. The molecule has 1 aliphatic rings. The monoisotopic (exact) mass is 382 g/mol. The number of hydrogen-bond acceptors (Lipinski definition) is 3. The number of amides is 1. The van der Waals surface area contributed by atoms with Crippen molar-refractivity contribution in [1.29, 1.82) is 0 Å². The van der Waals surface area contributed by atoms with Gasteiger partial charge in [-0.25, -0.2) is 12.8 Å². The fourth-order valence-corrected chi connectivity index (χ4v) is 4.38. The summed E-state index contributed by atoms with van der Waals surface area (Å²) in [6.45, 7) is 2.12. The molecule has 1 heterocycles. The summed E-state index contributed by atoms with van der Waals surface area (Å²) < 4.78 is 40.6. The molecular formula is C17H16ClFN2O3S. The molecular weight excluding hydrogens is 367 g/mol. The number of carbonyl (C=O) groups is 1. The van der Waals surface area contributed by atoms with Crippen LogP contribution in [-0.4, -0.2) is 20.9 Å². The second kappa shape index (κ2) is 6.65. The predicted molar refractivity (Wildman–Crippen MR) is 95.0 cm³/mol. The van der Waals surface area contributed by atoms with Gasteiger partial charge in [-0.05, 0) is 55.3 Å². The van der Waals surface area contributed by atoms with Gasteiger partial charge >= 0.3 is 0 Å². The summed E-state index contributed by atoms with van der Waals surface area (Å²) in [6, 6.07) is 8.08. The summed E-state index contributed by atoms with van der Waals surface area (Å²) in [6.07, 6.45) is 1.25. The van der Waals surface area contributed by atoms with Gasteiger partial charge in [0, 0.05) is 13.0 Å². The number of halogens is 2. The van der Waals surface area contributed by atoms with Gasteiger partial charge in [0.2, 0.25) is 5.91 Å². The van der Waals surface area contributed by atoms with Gasteiger partial charge in [-0.2, -0.15) is 0 Å². The summed E-state index contributed by atoms with van der Waals surface area (Å²) in [5.41, 5.74) is 1.13. The highest BCUT2D eigenvalue weighted by Gasteiger charge is 2.24. The Bertz CT molecular complexity index is 947. The molecule has 0 bridgehead atoms. The number of sulfonamides is 1. The summed E-state index contributed by atoms with van der Waals surface area (Å²) in [4.78, 5) is 13.4. The van der Waals surface area contributed by atoms with Gasteiger partial charge in [0.05, 0.1) is 21.3 Å². The van der Waals surface area contributed by atoms with Crippen molar-refractivity contribution in [2.75, 3.05) is 16.2 Å². The molecule has 0 atom stereocenters. The second-order valence-corrected chi connectivity index (χ2v) is 7.89. The molecule has 0 spiro atoms. The predicted octanol–water partition coefficient (Wildman–Crippen LogP) is 3.72. The van der Waals surface area contributed by atoms with E-state index in [1.807, 2.05) is 0 Å². The molecule has 1 fully saturated rings. The third-order valence-electron chi connectivity index (χ3n) is 3.99. The van der Waals surface area contributed by atoms with Crippen molar-refractivity contribution >= 4 is 38.9 Å². The summed E-state index contributed by atoms with van der Waals surface area (Å²) in [5.74, 6) is -0.503. The highest BCUT2D eigenvalue weighted by Crippen LogP contribution is 2.32. The van der Waals surface area contributed by atoms with Crippen LogP contribution in [0, 0.1) is 12.7 Å². The van der Waals surface area contributed by atoms with Crippen molar-refractivity contribution in [3.8, 4) is 0 Å². The first-order chi connectivity index (χ1) is 11.8. The minimum atomic E-state index is -3.88. The molecule has 0 radical (unpaired) electrons. The van der Waals surface area contributed by atoms with Crippen LogP contribution in [0.5, 0.6) is 0 Å². The molecule has 25 heavy (non-hydrogen) atoms. The third-order valence-corrected chi connectivity index (χ3v) is 5.83. The Hall–Kier alpha value is -2.12. The minimum absolute atomic E-state index is 0.00262. The molecule has 1 saturated heterocycles. The maximum absolute atomic E-state index is 13.2. The SMILES string of the molecule is Cc1cc(F)ccc1S(=O)(=O)Nc1ccc(N2CCCC2=O)c(Cl)c1. The standard InChI is InChI=1S/C17H16ClFN2O3S/c1-11-9-12(19)4-7-16(11)25(23,24)20-13-5-6-15(14(18)10-13)21-8-2-3-17(21)22/h4-7,9-10,20H,2-3,8H2,1H3. The normalized spacial score (nSPS) is 14.8. The Morgan fingerprint density at radius 3 is 2.56 bits per heavy atom. The maximum atomic E-state index is 13.2. The first-order valence-electron chi connectivity index (χ1n) is 7.67. The third kappa shape index (κ3) is 3.62. The topological polar surface area (TPSA) is 66.5 Å². The van der Waals surface area contributed by atoms with E-state index in [-0.39, 0.29) is 21.5 Å². The molecule has 2 aromatic rings. The lowest BCUT2D eigenvalue weighted by molar-refractivity contribution is -0.117. The van der Waals surface area contributed by atoms with E-state index < -0.39 is 15.8 Å². The molecule has 1 amide bonds. The van der Waals surface area contributed by atoms with Gasteiger partial charge in [-0.1, -0.05) is 11.6 Å². The Labute approximate surface area is 150 Å². The summed E-state index contributed by atoms with van der Waals surface area (Å²) >= 11 is 6.22. The van der Waals surface area contributed by atoms with E-state index >= 15 is 0 Å². The van der Waals surface area contributed by atoms with Crippen LogP contribution in [0.3, 0.4) is 0 Å². The molecule has 132 valence electrons. The van der Waals surface area contributed by atoms with Crippen LogP contribution in [0.4, 0.5) is 15.8 Å². The van der Waals surface area contributed by atoms with Gasteiger partial charge in [0.1, 0.15) is 5.82 Å². The Balaban J connectivity index is 1.87. The minimum Gasteiger partial charge on any atom is -0.311 e. The van der Waals surface area contributed by atoms with Gasteiger partial charge in [0.15, 0.2) is 0 Å². The summed E-state index contributed by atoms with van der Waals surface area (Å²) in [5, 5.41) is 0.284. The van der Waals surface area contributed by atoms with Gasteiger partial charge in [-0.3, -0.25) is 9.52 Å². The first kappa shape index (κ1) is 17.7. The van der Waals surface area contributed by atoms with Crippen LogP contribution in [0.2, 0.25) is 5.02 Å². The lowest BCUT2D eigenvalue weighted by atomic mass is 10.2. The molecule has 2 aromatic carbocycles. The van der Waals surface area contributed by atoms with Crippen LogP contribution in [0.15, 0.2) is 41.3 Å². The molecule has 0 saturated carbocycles.